The van der Waals surface area contributed by atoms with Crippen LogP contribution in [-0.2, 0) is 11.2 Å². The Labute approximate surface area is 196 Å². The van der Waals surface area contributed by atoms with E-state index in [1.54, 1.807) is 24.3 Å². The van der Waals surface area contributed by atoms with Gasteiger partial charge in [-0.2, -0.15) is 10.5 Å². The summed E-state index contributed by atoms with van der Waals surface area (Å²) in [5, 5.41) is 23.1. The topological polar surface area (TPSA) is 116 Å². The molecule has 0 spiro atoms. The van der Waals surface area contributed by atoms with Gasteiger partial charge in [0.05, 0.1) is 16.3 Å². The van der Waals surface area contributed by atoms with Crippen LogP contribution in [0.4, 0.5) is 11.5 Å². The number of hydrogen-bond donors (Lipinski definition) is 2. The Balaban J connectivity index is 1.83. The molecule has 8 heteroatoms. The molecule has 0 aliphatic heterocycles. The molecule has 3 rings (SSSR count). The van der Waals surface area contributed by atoms with E-state index in [1.807, 2.05) is 24.3 Å². The number of rotatable bonds is 7. The Bertz CT molecular complexity index is 1230. The number of thioether (sulfide) groups is 1. The Morgan fingerprint density at radius 3 is 2.44 bits per heavy atom. The number of anilines is 2. The minimum atomic E-state index is -0.207. The molecule has 0 fully saturated rings. The number of nitrogens with zero attached hydrogens (tertiary/aromatic N) is 3. The Kier molecular flexibility index (Phi) is 7.72. The van der Waals surface area contributed by atoms with E-state index < -0.39 is 0 Å². The van der Waals surface area contributed by atoms with Crippen molar-refractivity contribution in [2.45, 2.75) is 24.8 Å². The lowest BCUT2D eigenvalue weighted by molar-refractivity contribution is -0.115. The van der Waals surface area contributed by atoms with Gasteiger partial charge in [-0.05, 0) is 29.7 Å². The molecule has 3 N–H and O–H groups in total. The van der Waals surface area contributed by atoms with Crippen LogP contribution < -0.4 is 11.1 Å². The summed E-state index contributed by atoms with van der Waals surface area (Å²) >= 11 is 7.32. The smallest absolute Gasteiger partial charge is 0.225 e. The highest BCUT2D eigenvalue weighted by Crippen LogP contribution is 2.36. The first-order valence-electron chi connectivity index (χ1n) is 9.88. The van der Waals surface area contributed by atoms with Crippen molar-refractivity contribution < 1.29 is 4.79 Å². The van der Waals surface area contributed by atoms with Crippen molar-refractivity contribution in [3.8, 4) is 23.3 Å². The van der Waals surface area contributed by atoms with Gasteiger partial charge in [0.1, 0.15) is 28.5 Å². The molecule has 0 radical (unpaired) electrons. The lowest BCUT2D eigenvalue weighted by Crippen LogP contribution is -2.12. The molecule has 160 valence electrons. The molecule has 6 nitrogen and oxygen atoms in total. The molecule has 2 aromatic carbocycles. The average molecular weight is 462 g/mol. The fourth-order valence-electron chi connectivity index (χ4n) is 3.11. The number of nitriles is 2. The van der Waals surface area contributed by atoms with Crippen molar-refractivity contribution in [2.24, 2.45) is 0 Å². The van der Waals surface area contributed by atoms with E-state index in [1.165, 1.54) is 11.8 Å². The second kappa shape index (κ2) is 10.7. The summed E-state index contributed by atoms with van der Waals surface area (Å²) in [5.74, 6) is 0.225. The monoisotopic (exact) mass is 461 g/mol. The molecule has 0 atom stereocenters. The van der Waals surface area contributed by atoms with Gasteiger partial charge in [-0.25, -0.2) is 4.98 Å². The third kappa shape index (κ3) is 5.20. The first-order chi connectivity index (χ1) is 15.5. The molecule has 0 aliphatic rings. The van der Waals surface area contributed by atoms with E-state index in [0.717, 1.165) is 17.5 Å². The first-order valence-corrected chi connectivity index (χ1v) is 11.2. The standard InChI is InChI=1S/C24H20ClN5OS/c1-2-15-7-9-16(10-8-15)22-17(13-26)23(28)30-24(18(22)14-27)32-12-11-21(31)29-20-6-4-3-5-19(20)25/h3-10H,2,11-12H2,1H3,(H2,28,30)(H,29,31). The van der Waals surface area contributed by atoms with Crippen LogP contribution in [0.1, 0.15) is 30.0 Å². The fraction of sp³-hybridized carbons (Fsp3) is 0.167. The maximum Gasteiger partial charge on any atom is 0.225 e. The average Bonchev–Trinajstić information content (AvgIpc) is 2.80. The van der Waals surface area contributed by atoms with Gasteiger partial charge in [0.2, 0.25) is 5.91 Å². The third-order valence-electron chi connectivity index (χ3n) is 4.78. The van der Waals surface area contributed by atoms with E-state index in [-0.39, 0.29) is 29.3 Å². The Morgan fingerprint density at radius 1 is 1.12 bits per heavy atom. The number of aromatic nitrogens is 1. The number of nitrogens with one attached hydrogen (secondary N) is 1. The molecule has 1 heterocycles. The molecule has 1 amide bonds. The lowest BCUT2D eigenvalue weighted by atomic mass is 9.96. The molecular formula is C24H20ClN5OS. The van der Waals surface area contributed by atoms with Gasteiger partial charge in [-0.1, -0.05) is 54.9 Å². The number of halogens is 1. The van der Waals surface area contributed by atoms with Crippen molar-refractivity contribution in [2.75, 3.05) is 16.8 Å². The first kappa shape index (κ1) is 23.1. The maximum absolute atomic E-state index is 12.3. The Morgan fingerprint density at radius 2 is 1.81 bits per heavy atom. The zero-order valence-electron chi connectivity index (χ0n) is 17.4. The number of carbonyl (C=O) groups excluding carboxylic acids is 1. The van der Waals surface area contributed by atoms with Crippen LogP contribution in [0.3, 0.4) is 0 Å². The summed E-state index contributed by atoms with van der Waals surface area (Å²) in [6.45, 7) is 2.05. The van der Waals surface area contributed by atoms with Crippen LogP contribution in [0.15, 0.2) is 53.6 Å². The van der Waals surface area contributed by atoms with Gasteiger partial charge in [0.15, 0.2) is 0 Å². The molecular weight excluding hydrogens is 442 g/mol. The summed E-state index contributed by atoms with van der Waals surface area (Å²) in [6.07, 6.45) is 1.06. The second-order valence-electron chi connectivity index (χ2n) is 6.83. The number of pyridine rings is 1. The van der Waals surface area contributed by atoms with Crippen molar-refractivity contribution in [3.63, 3.8) is 0 Å². The van der Waals surface area contributed by atoms with Crippen molar-refractivity contribution in [3.05, 3.63) is 70.2 Å². The largest absolute Gasteiger partial charge is 0.383 e. The number of aryl methyl sites for hydroxylation is 1. The summed E-state index contributed by atoms with van der Waals surface area (Å²) in [6, 6.07) is 18.9. The molecule has 3 aromatic rings. The SMILES string of the molecule is CCc1ccc(-c2c(C#N)c(N)nc(SCCC(=O)Nc3ccccc3Cl)c2C#N)cc1. The van der Waals surface area contributed by atoms with E-state index >= 15 is 0 Å². The van der Waals surface area contributed by atoms with Gasteiger partial charge in [-0.3, -0.25) is 4.79 Å². The number of nitrogen functional groups attached to an aromatic ring is 1. The molecule has 0 saturated carbocycles. The van der Waals surface area contributed by atoms with Crippen molar-refractivity contribution in [1.82, 2.24) is 4.98 Å². The van der Waals surface area contributed by atoms with E-state index in [0.29, 0.717) is 27.1 Å². The van der Waals surface area contributed by atoms with Gasteiger partial charge in [-0.15, -0.1) is 11.8 Å². The minimum Gasteiger partial charge on any atom is -0.383 e. The number of nitrogens with two attached hydrogens (primary N) is 1. The molecule has 32 heavy (non-hydrogen) atoms. The highest BCUT2D eigenvalue weighted by atomic mass is 35.5. The van der Waals surface area contributed by atoms with E-state index in [4.69, 9.17) is 17.3 Å². The second-order valence-corrected chi connectivity index (χ2v) is 8.32. The summed E-state index contributed by atoms with van der Waals surface area (Å²) < 4.78 is 0. The van der Waals surface area contributed by atoms with Crippen molar-refractivity contribution in [1.29, 1.82) is 10.5 Å². The number of hydrogen-bond acceptors (Lipinski definition) is 6. The van der Waals surface area contributed by atoms with Crippen molar-refractivity contribution >= 4 is 40.8 Å². The summed E-state index contributed by atoms with van der Waals surface area (Å²) in [4.78, 5) is 16.6. The van der Waals surface area contributed by atoms with Gasteiger partial charge in [0.25, 0.3) is 0 Å². The predicted octanol–water partition coefficient (Wildman–Crippen LogP) is 5.41. The predicted molar refractivity (Wildman–Crippen MR) is 128 cm³/mol. The number of benzene rings is 2. The van der Waals surface area contributed by atoms with Gasteiger partial charge < -0.3 is 11.1 Å². The van der Waals surface area contributed by atoms with Crippen LogP contribution in [0.5, 0.6) is 0 Å². The van der Waals surface area contributed by atoms with Gasteiger partial charge in [0, 0.05) is 17.7 Å². The summed E-state index contributed by atoms with van der Waals surface area (Å²) in [7, 11) is 0. The molecule has 0 unspecified atom stereocenters. The third-order valence-corrected chi connectivity index (χ3v) is 6.09. The maximum atomic E-state index is 12.3. The molecule has 1 aromatic heterocycles. The van der Waals surface area contributed by atoms with Crippen LogP contribution in [0.25, 0.3) is 11.1 Å². The van der Waals surface area contributed by atoms with E-state index in [9.17, 15) is 15.3 Å². The lowest BCUT2D eigenvalue weighted by Gasteiger charge is -2.13. The Hall–Kier alpha value is -3.52. The summed E-state index contributed by atoms with van der Waals surface area (Å²) in [5.41, 5.74) is 9.38. The van der Waals surface area contributed by atoms with Gasteiger partial charge >= 0.3 is 0 Å². The number of carbonyl (C=O) groups is 1. The zero-order valence-corrected chi connectivity index (χ0v) is 18.9. The number of amides is 1. The van der Waals surface area contributed by atoms with Crippen LogP contribution in [0, 0.1) is 22.7 Å². The zero-order chi connectivity index (χ0) is 23.1. The molecule has 0 aliphatic carbocycles. The van der Waals surface area contributed by atoms with E-state index in [2.05, 4.69) is 29.4 Å². The van der Waals surface area contributed by atoms with Crippen LogP contribution >= 0.6 is 23.4 Å². The van der Waals surface area contributed by atoms with Crippen LogP contribution in [-0.4, -0.2) is 16.6 Å². The molecule has 0 bridgehead atoms. The quantitative estimate of drug-likeness (QED) is 0.454. The minimum absolute atomic E-state index is 0.0593. The van der Waals surface area contributed by atoms with Crippen LogP contribution in [0.2, 0.25) is 5.02 Å². The molecule has 0 saturated heterocycles. The number of para-hydroxylation sites is 1. The highest BCUT2D eigenvalue weighted by molar-refractivity contribution is 7.99. The fourth-order valence-corrected chi connectivity index (χ4v) is 4.23. The highest BCUT2D eigenvalue weighted by Gasteiger charge is 2.20. The normalized spacial score (nSPS) is 10.2.